The van der Waals surface area contributed by atoms with Crippen LogP contribution in [-0.4, -0.2) is 52.9 Å². The molecule has 0 saturated carbocycles. The van der Waals surface area contributed by atoms with E-state index in [0.29, 0.717) is 34.6 Å². The lowest BCUT2D eigenvalue weighted by atomic mass is 10.2. The van der Waals surface area contributed by atoms with Crippen molar-refractivity contribution in [3.8, 4) is 11.3 Å². The van der Waals surface area contributed by atoms with Crippen LogP contribution in [0, 0.1) is 0 Å². The third-order valence-electron chi connectivity index (χ3n) is 4.98. The van der Waals surface area contributed by atoms with Crippen LogP contribution in [0.3, 0.4) is 0 Å². The Balaban J connectivity index is 1.80. The predicted molar refractivity (Wildman–Crippen MR) is 126 cm³/mol. The van der Waals surface area contributed by atoms with Gasteiger partial charge >= 0.3 is 0 Å². The molecule has 2 aromatic rings. The van der Waals surface area contributed by atoms with Gasteiger partial charge in [-0.15, -0.1) is 0 Å². The lowest BCUT2D eigenvalue weighted by Gasteiger charge is -2.19. The van der Waals surface area contributed by atoms with E-state index in [0.717, 1.165) is 18.4 Å². The van der Waals surface area contributed by atoms with E-state index in [-0.39, 0.29) is 30.6 Å². The number of anilines is 1. The molecule has 0 unspecified atom stereocenters. The first kappa shape index (κ1) is 24.4. The number of aryl methyl sites for hydroxylation is 1. The Hall–Kier alpha value is -3.24. The summed E-state index contributed by atoms with van der Waals surface area (Å²) in [6.07, 6.45) is 4.19. The molecule has 0 aliphatic carbocycles. The Morgan fingerprint density at radius 2 is 2.06 bits per heavy atom. The predicted octanol–water partition coefficient (Wildman–Crippen LogP) is 2.12. The molecule has 0 atom stereocenters. The summed E-state index contributed by atoms with van der Waals surface area (Å²) in [6.45, 7) is 2.81. The first-order valence-corrected chi connectivity index (χ1v) is 11.1. The largest absolute Gasteiger partial charge is 0.354 e. The van der Waals surface area contributed by atoms with Gasteiger partial charge in [0.25, 0.3) is 5.91 Å². The van der Waals surface area contributed by atoms with Gasteiger partial charge in [0.05, 0.1) is 29.0 Å². The number of nitrogens with one attached hydrogen (secondary N) is 4. The van der Waals surface area contributed by atoms with Crippen molar-refractivity contribution < 1.29 is 14.4 Å². The zero-order valence-corrected chi connectivity index (χ0v) is 19.8. The number of amides is 3. The van der Waals surface area contributed by atoms with Gasteiger partial charge < -0.3 is 25.4 Å². The van der Waals surface area contributed by atoms with Gasteiger partial charge in [-0.25, -0.2) is 4.98 Å². The third kappa shape index (κ3) is 5.77. The molecule has 176 valence electrons. The highest BCUT2D eigenvalue weighted by Gasteiger charge is 2.29. The van der Waals surface area contributed by atoms with E-state index in [1.807, 2.05) is 16.8 Å². The van der Waals surface area contributed by atoms with Crippen molar-refractivity contribution in [3.05, 3.63) is 46.0 Å². The molecule has 0 bridgehead atoms. The molecular weight excluding hydrogens is 469 g/mol. The van der Waals surface area contributed by atoms with Crippen molar-refractivity contribution in [2.45, 2.75) is 26.3 Å². The number of hydrogen-bond donors (Lipinski definition) is 4. The Bertz CT molecular complexity index is 1080. The normalized spacial score (nSPS) is 13.0. The van der Waals surface area contributed by atoms with Crippen LogP contribution >= 0.6 is 23.2 Å². The SMILES string of the molecule is CCCCn1cc(-c2ccc(Cl)c(Cl)c2)nc1NC(=O)CN1CNC(NC=O)=C1C(=O)NC. The molecule has 10 nitrogen and oxygen atoms in total. The topological polar surface area (TPSA) is 120 Å². The molecular formula is C21H25Cl2N7O3. The van der Waals surface area contributed by atoms with E-state index in [9.17, 15) is 14.4 Å². The minimum absolute atomic E-state index is 0.122. The van der Waals surface area contributed by atoms with Gasteiger partial charge in [0.2, 0.25) is 18.3 Å². The lowest BCUT2D eigenvalue weighted by molar-refractivity contribution is -0.119. The molecule has 12 heteroatoms. The van der Waals surface area contributed by atoms with Crippen LogP contribution in [0.4, 0.5) is 5.95 Å². The van der Waals surface area contributed by atoms with Crippen molar-refractivity contribution in [1.29, 1.82) is 0 Å². The Kier molecular flexibility index (Phi) is 8.18. The highest BCUT2D eigenvalue weighted by atomic mass is 35.5. The molecule has 0 saturated heterocycles. The molecule has 0 fully saturated rings. The first-order valence-electron chi connectivity index (χ1n) is 10.4. The van der Waals surface area contributed by atoms with Crippen LogP contribution in [0.5, 0.6) is 0 Å². The van der Waals surface area contributed by atoms with Crippen molar-refractivity contribution in [3.63, 3.8) is 0 Å². The second-order valence-electron chi connectivity index (χ2n) is 7.27. The maximum absolute atomic E-state index is 12.8. The maximum atomic E-state index is 12.8. The third-order valence-corrected chi connectivity index (χ3v) is 5.71. The molecule has 1 aliphatic rings. The number of unbranched alkanes of at least 4 members (excludes halogenated alkanes) is 1. The summed E-state index contributed by atoms with van der Waals surface area (Å²) < 4.78 is 1.87. The number of carbonyl (C=O) groups excluding carboxylic acids is 3. The maximum Gasteiger partial charge on any atom is 0.271 e. The smallest absolute Gasteiger partial charge is 0.271 e. The lowest BCUT2D eigenvalue weighted by Crippen LogP contribution is -2.37. The summed E-state index contributed by atoms with van der Waals surface area (Å²) in [6, 6.07) is 5.23. The monoisotopic (exact) mass is 493 g/mol. The highest BCUT2D eigenvalue weighted by Crippen LogP contribution is 2.29. The van der Waals surface area contributed by atoms with Crippen molar-refractivity contribution >= 4 is 47.4 Å². The highest BCUT2D eigenvalue weighted by molar-refractivity contribution is 6.42. The molecule has 3 amide bonds. The Labute approximate surface area is 201 Å². The minimum Gasteiger partial charge on any atom is -0.354 e. The summed E-state index contributed by atoms with van der Waals surface area (Å²) in [5, 5.41) is 11.5. The summed E-state index contributed by atoms with van der Waals surface area (Å²) in [5.41, 5.74) is 1.59. The van der Waals surface area contributed by atoms with E-state index in [4.69, 9.17) is 23.2 Å². The van der Waals surface area contributed by atoms with Crippen LogP contribution in [0.15, 0.2) is 35.9 Å². The molecule has 33 heavy (non-hydrogen) atoms. The number of nitrogens with zero attached hydrogens (tertiary/aromatic N) is 3. The number of hydrogen-bond acceptors (Lipinski definition) is 6. The molecule has 0 radical (unpaired) electrons. The fourth-order valence-electron chi connectivity index (χ4n) is 3.33. The molecule has 1 aromatic heterocycles. The number of carbonyl (C=O) groups is 3. The summed E-state index contributed by atoms with van der Waals surface area (Å²) in [4.78, 5) is 42.0. The number of halogens is 2. The van der Waals surface area contributed by atoms with Gasteiger partial charge in [0.15, 0.2) is 0 Å². The summed E-state index contributed by atoms with van der Waals surface area (Å²) in [5.74, 6) is -0.167. The van der Waals surface area contributed by atoms with Crippen LogP contribution in [-0.2, 0) is 20.9 Å². The first-order chi connectivity index (χ1) is 15.9. The number of likely N-dealkylation sites (N-methyl/N-ethyl adjacent to an activating group) is 1. The zero-order chi connectivity index (χ0) is 24.0. The van der Waals surface area contributed by atoms with Crippen LogP contribution in [0.2, 0.25) is 10.0 Å². The summed E-state index contributed by atoms with van der Waals surface area (Å²) in [7, 11) is 1.47. The quantitative estimate of drug-likeness (QED) is 0.376. The van der Waals surface area contributed by atoms with E-state index in [1.54, 1.807) is 12.1 Å². The van der Waals surface area contributed by atoms with Crippen LogP contribution in [0.1, 0.15) is 19.8 Å². The van der Waals surface area contributed by atoms with Crippen LogP contribution in [0.25, 0.3) is 11.3 Å². The van der Waals surface area contributed by atoms with E-state index < -0.39 is 5.91 Å². The van der Waals surface area contributed by atoms with Gasteiger partial charge in [-0.05, 0) is 18.6 Å². The standard InChI is InChI=1S/C21H25Cl2N7O3/c1-3-4-7-29-9-16(13-5-6-14(22)15(23)8-13)27-21(29)28-17(32)10-30-11-25-19(26-12-31)18(30)20(33)24-2/h5-6,8-9,12,25H,3-4,7,10-11H2,1-2H3,(H,24,33)(H,26,31)(H,27,28,32). The molecule has 1 aliphatic heterocycles. The van der Waals surface area contributed by atoms with Gasteiger partial charge in [-0.1, -0.05) is 42.6 Å². The Morgan fingerprint density at radius 3 is 2.73 bits per heavy atom. The van der Waals surface area contributed by atoms with E-state index >= 15 is 0 Å². The number of benzene rings is 1. The molecule has 4 N–H and O–H groups in total. The fraction of sp³-hybridized carbons (Fsp3) is 0.333. The van der Waals surface area contributed by atoms with Gasteiger partial charge in [-0.2, -0.15) is 0 Å². The van der Waals surface area contributed by atoms with Crippen molar-refractivity contribution in [2.75, 3.05) is 25.6 Å². The average molecular weight is 494 g/mol. The van der Waals surface area contributed by atoms with Crippen LogP contribution < -0.4 is 21.3 Å². The molecule has 3 rings (SSSR count). The summed E-state index contributed by atoms with van der Waals surface area (Å²) >= 11 is 12.2. The molecule has 0 spiro atoms. The van der Waals surface area contributed by atoms with Gasteiger partial charge in [-0.3, -0.25) is 19.7 Å². The molecule has 1 aromatic carbocycles. The van der Waals surface area contributed by atoms with E-state index in [1.165, 1.54) is 11.9 Å². The van der Waals surface area contributed by atoms with E-state index in [2.05, 4.69) is 33.2 Å². The second kappa shape index (κ2) is 11.1. The average Bonchev–Trinajstić information content (AvgIpc) is 3.37. The zero-order valence-electron chi connectivity index (χ0n) is 18.2. The minimum atomic E-state index is -0.427. The second-order valence-corrected chi connectivity index (χ2v) is 8.09. The Morgan fingerprint density at radius 1 is 1.27 bits per heavy atom. The molecule has 2 heterocycles. The van der Waals surface area contributed by atoms with Gasteiger partial charge in [0, 0.05) is 25.4 Å². The van der Waals surface area contributed by atoms with Crippen molar-refractivity contribution in [2.24, 2.45) is 0 Å². The number of rotatable bonds is 10. The number of imidazole rings is 1. The van der Waals surface area contributed by atoms with Crippen molar-refractivity contribution in [1.82, 2.24) is 30.4 Å². The van der Waals surface area contributed by atoms with Gasteiger partial charge in [0.1, 0.15) is 11.5 Å². The number of aromatic nitrogens is 2. The fourth-order valence-corrected chi connectivity index (χ4v) is 3.63.